The Labute approximate surface area is 171 Å². The average Bonchev–Trinajstić information content (AvgIpc) is 3.21. The van der Waals surface area contributed by atoms with Gasteiger partial charge in [0.05, 0.1) is 3.79 Å². The standard InChI is InChI=1S/C22H20BrNO2S/c1-14(12-15-10-11-21(23)27-15)24-22(25)26-13-20-18-8-4-2-6-16(18)17-7-3-5-9-19(17)20/h2-11,14,20H,12-13H2,1H3,(H,24,25)/t14-/m0/s1. The van der Waals surface area contributed by atoms with Gasteiger partial charge in [-0.15, -0.1) is 11.3 Å². The van der Waals surface area contributed by atoms with Crippen molar-refractivity contribution in [3.63, 3.8) is 0 Å². The van der Waals surface area contributed by atoms with Crippen LogP contribution in [0, 0.1) is 0 Å². The highest BCUT2D eigenvalue weighted by atomic mass is 79.9. The number of fused-ring (bicyclic) bond motifs is 3. The molecule has 1 aromatic heterocycles. The summed E-state index contributed by atoms with van der Waals surface area (Å²) in [5.41, 5.74) is 4.92. The van der Waals surface area contributed by atoms with Crippen LogP contribution in [0.5, 0.6) is 0 Å². The number of nitrogens with one attached hydrogen (secondary N) is 1. The Balaban J connectivity index is 1.39. The van der Waals surface area contributed by atoms with Crippen LogP contribution in [-0.2, 0) is 11.2 Å². The molecule has 0 bridgehead atoms. The number of amides is 1. The SMILES string of the molecule is C[C@@H](Cc1ccc(Br)s1)NC(=O)OCC1c2ccccc2-c2ccccc21. The summed E-state index contributed by atoms with van der Waals surface area (Å²) in [6.45, 7) is 2.34. The average molecular weight is 442 g/mol. The lowest BCUT2D eigenvalue weighted by molar-refractivity contribution is 0.140. The first-order valence-electron chi connectivity index (χ1n) is 8.97. The number of carbonyl (C=O) groups excluding carboxylic acids is 1. The molecule has 4 rings (SSSR count). The van der Waals surface area contributed by atoms with E-state index in [0.717, 1.165) is 10.2 Å². The van der Waals surface area contributed by atoms with Crippen molar-refractivity contribution >= 4 is 33.4 Å². The van der Waals surface area contributed by atoms with E-state index in [0.29, 0.717) is 6.61 Å². The van der Waals surface area contributed by atoms with Crippen LogP contribution in [0.4, 0.5) is 4.79 Å². The van der Waals surface area contributed by atoms with E-state index in [2.05, 4.69) is 63.7 Å². The van der Waals surface area contributed by atoms with Gasteiger partial charge in [-0.2, -0.15) is 0 Å². The van der Waals surface area contributed by atoms with Crippen LogP contribution in [0.15, 0.2) is 64.5 Å². The lowest BCUT2D eigenvalue weighted by atomic mass is 9.98. The van der Waals surface area contributed by atoms with E-state index in [1.165, 1.54) is 27.1 Å². The van der Waals surface area contributed by atoms with E-state index in [1.54, 1.807) is 11.3 Å². The lowest BCUT2D eigenvalue weighted by Crippen LogP contribution is -2.35. The predicted molar refractivity (Wildman–Crippen MR) is 113 cm³/mol. The molecule has 3 nitrogen and oxygen atoms in total. The van der Waals surface area contributed by atoms with Crippen molar-refractivity contribution < 1.29 is 9.53 Å². The third-order valence-corrected chi connectivity index (χ3v) is 6.49. The van der Waals surface area contributed by atoms with Crippen molar-refractivity contribution in [1.29, 1.82) is 0 Å². The van der Waals surface area contributed by atoms with Gasteiger partial charge < -0.3 is 10.1 Å². The Kier molecular flexibility index (Phi) is 5.32. The van der Waals surface area contributed by atoms with Crippen molar-refractivity contribution in [3.05, 3.63) is 80.5 Å². The topological polar surface area (TPSA) is 38.3 Å². The Bertz CT molecular complexity index is 923. The second-order valence-electron chi connectivity index (χ2n) is 6.78. The maximum Gasteiger partial charge on any atom is 0.407 e. The number of hydrogen-bond donors (Lipinski definition) is 1. The van der Waals surface area contributed by atoms with Crippen LogP contribution in [-0.4, -0.2) is 18.7 Å². The number of benzene rings is 2. The summed E-state index contributed by atoms with van der Waals surface area (Å²) in [5, 5.41) is 2.94. The molecule has 1 aliphatic carbocycles. The molecule has 1 atom stereocenters. The molecule has 1 N–H and O–H groups in total. The highest BCUT2D eigenvalue weighted by Crippen LogP contribution is 2.44. The summed E-state index contributed by atoms with van der Waals surface area (Å²) in [6.07, 6.45) is 0.431. The van der Waals surface area contributed by atoms with Crippen LogP contribution < -0.4 is 5.32 Å². The normalized spacial score (nSPS) is 13.7. The van der Waals surface area contributed by atoms with Crippen LogP contribution in [0.25, 0.3) is 11.1 Å². The van der Waals surface area contributed by atoms with Crippen LogP contribution in [0.3, 0.4) is 0 Å². The van der Waals surface area contributed by atoms with Crippen LogP contribution >= 0.6 is 27.3 Å². The number of alkyl carbamates (subject to hydrolysis) is 1. The first-order chi connectivity index (χ1) is 13.1. The fourth-order valence-electron chi connectivity index (χ4n) is 3.66. The molecule has 0 aliphatic heterocycles. The summed E-state index contributed by atoms with van der Waals surface area (Å²) < 4.78 is 6.70. The Morgan fingerprint density at radius 2 is 1.70 bits per heavy atom. The molecule has 3 aromatic rings. The Hall–Kier alpha value is -2.11. The molecule has 138 valence electrons. The minimum absolute atomic E-state index is 0.0196. The zero-order valence-corrected chi connectivity index (χ0v) is 17.3. The van der Waals surface area contributed by atoms with Crippen LogP contribution in [0.2, 0.25) is 0 Å². The van der Waals surface area contributed by atoms with Crippen molar-refractivity contribution in [2.75, 3.05) is 6.61 Å². The number of thiophene rings is 1. The van der Waals surface area contributed by atoms with E-state index < -0.39 is 0 Å². The van der Waals surface area contributed by atoms with Gasteiger partial charge in [0, 0.05) is 23.3 Å². The molecule has 0 fully saturated rings. The number of hydrogen-bond acceptors (Lipinski definition) is 3. The monoisotopic (exact) mass is 441 g/mol. The molecular formula is C22H20BrNO2S. The highest BCUT2D eigenvalue weighted by Gasteiger charge is 2.29. The van der Waals surface area contributed by atoms with Gasteiger partial charge >= 0.3 is 6.09 Å². The van der Waals surface area contributed by atoms with Crippen LogP contribution in [0.1, 0.15) is 28.8 Å². The quantitative estimate of drug-likeness (QED) is 0.528. The summed E-state index contributed by atoms with van der Waals surface area (Å²) >= 11 is 5.15. The highest BCUT2D eigenvalue weighted by molar-refractivity contribution is 9.11. The summed E-state index contributed by atoms with van der Waals surface area (Å²) in [4.78, 5) is 13.5. The zero-order valence-electron chi connectivity index (χ0n) is 14.9. The van der Waals surface area contributed by atoms with Gasteiger partial charge in [0.25, 0.3) is 0 Å². The second kappa shape index (κ2) is 7.87. The van der Waals surface area contributed by atoms with Gasteiger partial charge in [-0.05, 0) is 57.2 Å². The van der Waals surface area contributed by atoms with Crippen molar-refractivity contribution in [2.24, 2.45) is 0 Å². The molecule has 27 heavy (non-hydrogen) atoms. The summed E-state index contributed by atoms with van der Waals surface area (Å²) in [5.74, 6) is 0.0895. The fraction of sp³-hybridized carbons (Fsp3) is 0.227. The molecular weight excluding hydrogens is 422 g/mol. The molecule has 0 saturated heterocycles. The van der Waals surface area contributed by atoms with Crippen molar-refractivity contribution in [1.82, 2.24) is 5.32 Å². The lowest BCUT2D eigenvalue weighted by Gasteiger charge is -2.17. The maximum absolute atomic E-state index is 12.3. The molecule has 0 unspecified atom stereocenters. The van der Waals surface area contributed by atoms with Crippen molar-refractivity contribution in [2.45, 2.75) is 25.3 Å². The largest absolute Gasteiger partial charge is 0.449 e. The zero-order chi connectivity index (χ0) is 18.8. The second-order valence-corrected chi connectivity index (χ2v) is 9.33. The van der Waals surface area contributed by atoms with Gasteiger partial charge in [0.15, 0.2) is 0 Å². The minimum atomic E-state index is -0.361. The van der Waals surface area contributed by atoms with Gasteiger partial charge in [0.1, 0.15) is 6.61 Å². The molecule has 0 radical (unpaired) electrons. The van der Waals surface area contributed by atoms with Gasteiger partial charge in [-0.1, -0.05) is 48.5 Å². The van der Waals surface area contributed by atoms with E-state index in [9.17, 15) is 4.79 Å². The molecule has 0 saturated carbocycles. The van der Waals surface area contributed by atoms with Gasteiger partial charge in [-0.3, -0.25) is 0 Å². The third-order valence-electron chi connectivity index (χ3n) is 4.84. The molecule has 0 spiro atoms. The molecule has 1 aliphatic rings. The Morgan fingerprint density at radius 3 is 2.30 bits per heavy atom. The van der Waals surface area contributed by atoms with E-state index in [-0.39, 0.29) is 18.1 Å². The smallest absolute Gasteiger partial charge is 0.407 e. The van der Waals surface area contributed by atoms with Gasteiger partial charge in [-0.25, -0.2) is 4.79 Å². The van der Waals surface area contributed by atoms with Crippen molar-refractivity contribution in [3.8, 4) is 11.1 Å². The number of carbonyl (C=O) groups is 1. The van der Waals surface area contributed by atoms with E-state index in [1.807, 2.05) is 25.1 Å². The molecule has 1 heterocycles. The first kappa shape index (κ1) is 18.3. The third kappa shape index (κ3) is 3.94. The minimum Gasteiger partial charge on any atom is -0.449 e. The molecule has 1 amide bonds. The predicted octanol–water partition coefficient (Wildman–Crippen LogP) is 5.98. The molecule has 5 heteroatoms. The number of rotatable bonds is 5. The maximum atomic E-state index is 12.3. The number of halogens is 1. The summed E-state index contributed by atoms with van der Waals surface area (Å²) in [6, 6.07) is 20.8. The molecule has 2 aromatic carbocycles. The van der Waals surface area contributed by atoms with E-state index >= 15 is 0 Å². The van der Waals surface area contributed by atoms with E-state index in [4.69, 9.17) is 4.74 Å². The Morgan fingerprint density at radius 1 is 1.07 bits per heavy atom. The number of ether oxygens (including phenoxy) is 1. The first-order valence-corrected chi connectivity index (χ1v) is 10.6. The summed E-state index contributed by atoms with van der Waals surface area (Å²) in [7, 11) is 0. The fourth-order valence-corrected chi connectivity index (χ4v) is 5.27. The van der Waals surface area contributed by atoms with Gasteiger partial charge in [0.2, 0.25) is 0 Å².